The molecule has 0 amide bonds. The lowest BCUT2D eigenvalue weighted by Crippen LogP contribution is -2.40. The van der Waals surface area contributed by atoms with Crippen LogP contribution in [-0.4, -0.2) is 65.1 Å². The molecular formula is C14H30N2O2. The van der Waals surface area contributed by atoms with E-state index in [2.05, 4.69) is 10.2 Å². The van der Waals surface area contributed by atoms with Crippen LogP contribution in [0.3, 0.4) is 0 Å². The monoisotopic (exact) mass is 258 g/mol. The Kier molecular flexibility index (Phi) is 9.48. The number of unbranched alkanes of at least 4 members (excludes halogenated alkanes) is 1. The Morgan fingerprint density at radius 3 is 2.78 bits per heavy atom. The van der Waals surface area contributed by atoms with Crippen LogP contribution >= 0.6 is 0 Å². The average Bonchev–Trinajstić information content (AvgIpc) is 2.40. The molecule has 4 nitrogen and oxygen atoms in total. The summed E-state index contributed by atoms with van der Waals surface area (Å²) < 4.78 is 10.1. The quantitative estimate of drug-likeness (QED) is 0.600. The van der Waals surface area contributed by atoms with Gasteiger partial charge in [-0.15, -0.1) is 0 Å². The van der Waals surface area contributed by atoms with E-state index < -0.39 is 0 Å². The van der Waals surface area contributed by atoms with Gasteiger partial charge in [0.2, 0.25) is 0 Å². The number of piperidine rings is 1. The number of hydrogen-bond donors (Lipinski definition) is 1. The van der Waals surface area contributed by atoms with E-state index in [4.69, 9.17) is 9.47 Å². The maximum atomic E-state index is 5.09. The number of rotatable bonds is 10. The van der Waals surface area contributed by atoms with E-state index in [1.54, 1.807) is 14.2 Å². The number of nitrogens with zero attached hydrogens (tertiary/aromatic N) is 1. The Labute approximate surface area is 112 Å². The van der Waals surface area contributed by atoms with E-state index in [0.717, 1.165) is 32.2 Å². The van der Waals surface area contributed by atoms with Crippen molar-refractivity contribution < 1.29 is 9.47 Å². The largest absolute Gasteiger partial charge is 0.385 e. The molecule has 1 fully saturated rings. The third-order valence-corrected chi connectivity index (χ3v) is 3.59. The molecule has 1 aliphatic heterocycles. The number of nitrogens with one attached hydrogen (secondary N) is 1. The van der Waals surface area contributed by atoms with Crippen molar-refractivity contribution in [1.82, 2.24) is 10.2 Å². The SMILES string of the molecule is COCCCCN1CCCC(CNCCOC)C1. The van der Waals surface area contributed by atoms with Gasteiger partial charge in [-0.1, -0.05) is 0 Å². The standard InChI is InChI=1S/C14H30N2O2/c1-17-10-4-3-8-16-9-5-6-14(13-16)12-15-7-11-18-2/h14-15H,3-13H2,1-2H3. The van der Waals surface area contributed by atoms with Gasteiger partial charge in [-0.05, 0) is 51.2 Å². The van der Waals surface area contributed by atoms with Crippen LogP contribution in [0.25, 0.3) is 0 Å². The molecule has 0 saturated carbocycles. The highest BCUT2D eigenvalue weighted by Gasteiger charge is 2.18. The summed E-state index contributed by atoms with van der Waals surface area (Å²) in [5, 5.41) is 3.48. The molecule has 1 heterocycles. The maximum absolute atomic E-state index is 5.09. The average molecular weight is 258 g/mol. The summed E-state index contributed by atoms with van der Waals surface area (Å²) in [4.78, 5) is 2.61. The highest BCUT2D eigenvalue weighted by Crippen LogP contribution is 2.16. The first kappa shape index (κ1) is 15.9. The van der Waals surface area contributed by atoms with Crippen molar-refractivity contribution in [2.24, 2.45) is 5.92 Å². The number of hydrogen-bond acceptors (Lipinski definition) is 4. The first-order valence-electron chi connectivity index (χ1n) is 7.27. The van der Waals surface area contributed by atoms with E-state index in [-0.39, 0.29) is 0 Å². The zero-order valence-electron chi connectivity index (χ0n) is 12.1. The molecule has 18 heavy (non-hydrogen) atoms. The summed E-state index contributed by atoms with van der Waals surface area (Å²) in [6.07, 6.45) is 5.16. The van der Waals surface area contributed by atoms with E-state index in [0.29, 0.717) is 0 Å². The van der Waals surface area contributed by atoms with Crippen LogP contribution in [0, 0.1) is 5.92 Å². The molecule has 1 saturated heterocycles. The Balaban J connectivity index is 2.04. The summed E-state index contributed by atoms with van der Waals surface area (Å²) in [7, 11) is 3.53. The molecule has 1 aliphatic rings. The zero-order chi connectivity index (χ0) is 13.1. The molecule has 0 bridgehead atoms. The van der Waals surface area contributed by atoms with Gasteiger partial charge in [-0.2, -0.15) is 0 Å². The van der Waals surface area contributed by atoms with Gasteiger partial charge in [0.05, 0.1) is 6.61 Å². The summed E-state index contributed by atoms with van der Waals surface area (Å²) in [5.41, 5.74) is 0. The maximum Gasteiger partial charge on any atom is 0.0587 e. The van der Waals surface area contributed by atoms with Crippen LogP contribution < -0.4 is 5.32 Å². The lowest BCUT2D eigenvalue weighted by atomic mass is 9.98. The molecule has 0 radical (unpaired) electrons. The summed E-state index contributed by atoms with van der Waals surface area (Å²) in [6, 6.07) is 0. The first-order chi connectivity index (χ1) is 8.86. The van der Waals surface area contributed by atoms with Gasteiger partial charge in [0, 0.05) is 33.9 Å². The molecule has 0 spiro atoms. The van der Waals surface area contributed by atoms with Crippen LogP contribution in [0.1, 0.15) is 25.7 Å². The van der Waals surface area contributed by atoms with Crippen molar-refractivity contribution in [2.45, 2.75) is 25.7 Å². The fourth-order valence-corrected chi connectivity index (χ4v) is 2.58. The molecule has 108 valence electrons. The van der Waals surface area contributed by atoms with Crippen LogP contribution in [0.4, 0.5) is 0 Å². The summed E-state index contributed by atoms with van der Waals surface area (Å²) in [6.45, 7) is 7.59. The molecule has 1 unspecified atom stereocenters. The second-order valence-electron chi connectivity index (χ2n) is 5.21. The minimum absolute atomic E-state index is 0.813. The Morgan fingerprint density at radius 2 is 2.00 bits per heavy atom. The van der Waals surface area contributed by atoms with Gasteiger partial charge < -0.3 is 19.7 Å². The molecule has 0 aliphatic carbocycles. The van der Waals surface area contributed by atoms with Crippen molar-refractivity contribution in [3.8, 4) is 0 Å². The molecule has 1 rings (SSSR count). The molecular weight excluding hydrogens is 228 g/mol. The Hall–Kier alpha value is -0.160. The van der Waals surface area contributed by atoms with Crippen molar-refractivity contribution in [3.63, 3.8) is 0 Å². The van der Waals surface area contributed by atoms with E-state index >= 15 is 0 Å². The van der Waals surface area contributed by atoms with Crippen molar-refractivity contribution >= 4 is 0 Å². The second kappa shape index (κ2) is 10.7. The number of methoxy groups -OCH3 is 2. The lowest BCUT2D eigenvalue weighted by Gasteiger charge is -2.32. The highest BCUT2D eigenvalue weighted by molar-refractivity contribution is 4.74. The zero-order valence-corrected chi connectivity index (χ0v) is 12.1. The smallest absolute Gasteiger partial charge is 0.0587 e. The van der Waals surface area contributed by atoms with Gasteiger partial charge in [-0.3, -0.25) is 0 Å². The lowest BCUT2D eigenvalue weighted by molar-refractivity contribution is 0.152. The predicted octanol–water partition coefficient (Wildman–Crippen LogP) is 1.36. The highest BCUT2D eigenvalue weighted by atomic mass is 16.5. The van der Waals surface area contributed by atoms with Gasteiger partial charge in [0.15, 0.2) is 0 Å². The minimum atomic E-state index is 0.813. The van der Waals surface area contributed by atoms with Gasteiger partial charge >= 0.3 is 0 Å². The van der Waals surface area contributed by atoms with Gasteiger partial charge in [0.25, 0.3) is 0 Å². The summed E-state index contributed by atoms with van der Waals surface area (Å²) in [5.74, 6) is 0.818. The van der Waals surface area contributed by atoms with Crippen LogP contribution in [0.15, 0.2) is 0 Å². The van der Waals surface area contributed by atoms with Crippen LogP contribution in [-0.2, 0) is 9.47 Å². The van der Waals surface area contributed by atoms with Gasteiger partial charge in [0.1, 0.15) is 0 Å². The number of ether oxygens (including phenoxy) is 2. The fraction of sp³-hybridized carbons (Fsp3) is 1.00. The van der Waals surface area contributed by atoms with E-state index in [1.165, 1.54) is 45.3 Å². The number of likely N-dealkylation sites (tertiary alicyclic amines) is 1. The van der Waals surface area contributed by atoms with Crippen LogP contribution in [0.5, 0.6) is 0 Å². The second-order valence-corrected chi connectivity index (χ2v) is 5.21. The molecule has 0 aromatic heterocycles. The first-order valence-corrected chi connectivity index (χ1v) is 7.27. The van der Waals surface area contributed by atoms with Crippen LogP contribution in [0.2, 0.25) is 0 Å². The fourth-order valence-electron chi connectivity index (χ4n) is 2.58. The van der Waals surface area contributed by atoms with Gasteiger partial charge in [-0.25, -0.2) is 0 Å². The van der Waals surface area contributed by atoms with Crippen molar-refractivity contribution in [1.29, 1.82) is 0 Å². The van der Waals surface area contributed by atoms with E-state index in [9.17, 15) is 0 Å². The summed E-state index contributed by atoms with van der Waals surface area (Å²) >= 11 is 0. The third-order valence-electron chi connectivity index (χ3n) is 3.59. The molecule has 0 aromatic rings. The normalized spacial score (nSPS) is 21.3. The van der Waals surface area contributed by atoms with E-state index in [1.807, 2.05) is 0 Å². The van der Waals surface area contributed by atoms with Crippen molar-refractivity contribution in [3.05, 3.63) is 0 Å². The molecule has 0 aromatic carbocycles. The Morgan fingerprint density at radius 1 is 1.17 bits per heavy atom. The topological polar surface area (TPSA) is 33.7 Å². The minimum Gasteiger partial charge on any atom is -0.385 e. The predicted molar refractivity (Wildman–Crippen MR) is 75.0 cm³/mol. The molecule has 1 atom stereocenters. The third kappa shape index (κ3) is 7.31. The van der Waals surface area contributed by atoms with Crippen molar-refractivity contribution in [2.75, 3.05) is 60.2 Å². The molecule has 4 heteroatoms. The Bertz CT molecular complexity index is 173. The molecule has 1 N–H and O–H groups in total.